The van der Waals surface area contributed by atoms with Gasteiger partial charge in [-0.1, -0.05) is 141 Å². The molecule has 7 aromatic carbocycles. The summed E-state index contributed by atoms with van der Waals surface area (Å²) in [5.74, 6) is 0.714. The molecule has 9 aromatic rings. The van der Waals surface area contributed by atoms with Crippen LogP contribution < -0.4 is 0 Å². The maximum absolute atomic E-state index is 5.35. The molecule has 10 rings (SSSR count). The van der Waals surface area contributed by atoms with Crippen LogP contribution in [0.15, 0.2) is 164 Å². The van der Waals surface area contributed by atoms with Crippen LogP contribution in [0.2, 0.25) is 0 Å². The van der Waals surface area contributed by atoms with Crippen molar-refractivity contribution in [3.8, 4) is 50.7 Å². The molecule has 0 fully saturated rings. The molecule has 0 N–H and O–H groups in total. The molecule has 0 saturated heterocycles. The first-order valence-corrected chi connectivity index (χ1v) is 17.3. The summed E-state index contributed by atoms with van der Waals surface area (Å²) in [6.45, 7) is 4.69. The molecule has 0 spiro atoms. The van der Waals surface area contributed by atoms with Crippen LogP contribution >= 0.6 is 0 Å². The summed E-state index contributed by atoms with van der Waals surface area (Å²) in [6.07, 6.45) is 0. The topological polar surface area (TPSA) is 30.7 Å². The van der Waals surface area contributed by atoms with Crippen molar-refractivity contribution in [2.75, 3.05) is 0 Å². The molecule has 0 bridgehead atoms. The van der Waals surface area contributed by atoms with Crippen LogP contribution in [-0.4, -0.2) is 14.5 Å². The first-order chi connectivity index (χ1) is 24.6. The number of rotatable bonds is 4. The van der Waals surface area contributed by atoms with Gasteiger partial charge in [-0.05, 0) is 69.4 Å². The molecule has 3 nitrogen and oxygen atoms in total. The van der Waals surface area contributed by atoms with Gasteiger partial charge in [0, 0.05) is 38.6 Å². The number of hydrogen-bond acceptors (Lipinski definition) is 2. The number of benzene rings is 7. The van der Waals surface area contributed by atoms with Crippen LogP contribution in [0.4, 0.5) is 0 Å². The Morgan fingerprint density at radius 3 is 1.90 bits per heavy atom. The van der Waals surface area contributed by atoms with Gasteiger partial charge >= 0.3 is 0 Å². The van der Waals surface area contributed by atoms with Gasteiger partial charge in [0.15, 0.2) is 5.82 Å². The Bertz CT molecular complexity index is 2770. The highest BCUT2D eigenvalue weighted by molar-refractivity contribution is 6.13. The molecule has 50 heavy (non-hydrogen) atoms. The maximum atomic E-state index is 5.35. The predicted molar refractivity (Wildman–Crippen MR) is 208 cm³/mol. The Kier molecular flexibility index (Phi) is 6.22. The summed E-state index contributed by atoms with van der Waals surface area (Å²) < 4.78 is 2.38. The minimum atomic E-state index is -0.148. The molecule has 0 saturated carbocycles. The van der Waals surface area contributed by atoms with Gasteiger partial charge in [-0.15, -0.1) is 0 Å². The van der Waals surface area contributed by atoms with Crippen LogP contribution in [0.3, 0.4) is 0 Å². The van der Waals surface area contributed by atoms with Gasteiger partial charge in [-0.3, -0.25) is 0 Å². The van der Waals surface area contributed by atoms with Gasteiger partial charge in [0.25, 0.3) is 0 Å². The predicted octanol–water partition coefficient (Wildman–Crippen LogP) is 12.0. The van der Waals surface area contributed by atoms with Crippen molar-refractivity contribution in [3.05, 3.63) is 175 Å². The number of hydrogen-bond donors (Lipinski definition) is 0. The van der Waals surface area contributed by atoms with E-state index < -0.39 is 0 Å². The molecule has 0 radical (unpaired) electrons. The van der Waals surface area contributed by atoms with Gasteiger partial charge in [0.1, 0.15) is 0 Å². The monoisotopic (exact) mass is 639 g/mol. The van der Waals surface area contributed by atoms with Crippen molar-refractivity contribution < 1.29 is 0 Å². The van der Waals surface area contributed by atoms with E-state index in [1.807, 2.05) is 6.07 Å². The lowest BCUT2D eigenvalue weighted by molar-refractivity contribution is 0.661. The second-order valence-electron chi connectivity index (χ2n) is 13.8. The van der Waals surface area contributed by atoms with Crippen LogP contribution in [0, 0.1) is 0 Å². The van der Waals surface area contributed by atoms with E-state index in [0.717, 1.165) is 39.3 Å². The van der Waals surface area contributed by atoms with Crippen LogP contribution in [0.1, 0.15) is 25.0 Å². The lowest BCUT2D eigenvalue weighted by Gasteiger charge is -2.22. The molecule has 236 valence electrons. The van der Waals surface area contributed by atoms with Crippen molar-refractivity contribution in [1.82, 2.24) is 14.5 Å². The van der Waals surface area contributed by atoms with E-state index in [1.165, 1.54) is 49.3 Å². The zero-order chi connectivity index (χ0) is 33.4. The summed E-state index contributed by atoms with van der Waals surface area (Å²) in [5, 5.41) is 4.94. The van der Waals surface area contributed by atoms with E-state index in [4.69, 9.17) is 9.97 Å². The van der Waals surface area contributed by atoms with E-state index in [0.29, 0.717) is 5.82 Å². The summed E-state index contributed by atoms with van der Waals surface area (Å²) in [5.41, 5.74) is 13.5. The normalized spacial score (nSPS) is 13.2. The molecule has 0 aliphatic heterocycles. The average molecular weight is 640 g/mol. The molecule has 2 aromatic heterocycles. The van der Waals surface area contributed by atoms with Crippen molar-refractivity contribution in [1.29, 1.82) is 0 Å². The molecule has 3 heteroatoms. The summed E-state index contributed by atoms with van der Waals surface area (Å²) >= 11 is 0. The van der Waals surface area contributed by atoms with E-state index in [1.54, 1.807) is 0 Å². The second kappa shape index (κ2) is 10.8. The molecular weight excluding hydrogens is 607 g/mol. The SMILES string of the molecule is CC1(C)c2cc3ccccc3cc2-c2c(-c3cc(-c4cccc5c6ccccc6n(-c6ccccc6)c45)nc(-c4ccccc4)n3)cccc21. The molecule has 0 unspecified atom stereocenters. The number of fused-ring (bicyclic) bond motifs is 7. The van der Waals surface area contributed by atoms with Crippen molar-refractivity contribution in [2.24, 2.45) is 0 Å². The Morgan fingerprint density at radius 1 is 0.480 bits per heavy atom. The lowest BCUT2D eigenvalue weighted by atomic mass is 9.81. The van der Waals surface area contributed by atoms with Crippen molar-refractivity contribution in [3.63, 3.8) is 0 Å². The summed E-state index contributed by atoms with van der Waals surface area (Å²) in [7, 11) is 0. The maximum Gasteiger partial charge on any atom is 0.160 e. The molecule has 2 heterocycles. The molecule has 1 aliphatic carbocycles. The van der Waals surface area contributed by atoms with Crippen molar-refractivity contribution in [2.45, 2.75) is 19.3 Å². The third-order valence-electron chi connectivity index (χ3n) is 10.6. The molecule has 0 amide bonds. The fraction of sp³-hybridized carbons (Fsp3) is 0.0638. The van der Waals surface area contributed by atoms with Gasteiger partial charge in [0.05, 0.1) is 22.4 Å². The quantitative estimate of drug-likeness (QED) is 0.192. The number of aromatic nitrogens is 3. The first-order valence-electron chi connectivity index (χ1n) is 17.3. The highest BCUT2D eigenvalue weighted by Crippen LogP contribution is 2.53. The van der Waals surface area contributed by atoms with Gasteiger partial charge in [-0.2, -0.15) is 0 Å². The zero-order valence-corrected chi connectivity index (χ0v) is 27.9. The fourth-order valence-electron chi connectivity index (χ4n) is 8.20. The van der Waals surface area contributed by atoms with Crippen LogP contribution in [0.5, 0.6) is 0 Å². The number of para-hydroxylation sites is 3. The van der Waals surface area contributed by atoms with Crippen LogP contribution in [-0.2, 0) is 5.41 Å². The Labute approximate surface area is 291 Å². The molecular formula is C47H33N3. The minimum Gasteiger partial charge on any atom is -0.309 e. The van der Waals surface area contributed by atoms with Gasteiger partial charge in [0.2, 0.25) is 0 Å². The second-order valence-corrected chi connectivity index (χ2v) is 13.8. The molecule has 1 aliphatic rings. The number of nitrogens with zero attached hydrogens (tertiary/aromatic N) is 3. The van der Waals surface area contributed by atoms with Crippen LogP contribution in [0.25, 0.3) is 83.3 Å². The van der Waals surface area contributed by atoms with E-state index in [9.17, 15) is 0 Å². The zero-order valence-electron chi connectivity index (χ0n) is 27.9. The van der Waals surface area contributed by atoms with Gasteiger partial charge < -0.3 is 4.57 Å². The third-order valence-corrected chi connectivity index (χ3v) is 10.6. The highest BCUT2D eigenvalue weighted by Gasteiger charge is 2.37. The van der Waals surface area contributed by atoms with E-state index in [-0.39, 0.29) is 5.41 Å². The standard InChI is InChI=1S/C47H33N3/c1-47(2)39-25-14-23-36(44(39)38-27-31-17-9-10-18-32(31)28-40(38)47)41-29-42(49-46(48-41)30-15-5-3-6-16-30)37-24-13-22-35-34-21-11-12-26-43(34)50(45(35)37)33-19-7-4-8-20-33/h3-29H,1-2H3. The smallest absolute Gasteiger partial charge is 0.160 e. The van der Waals surface area contributed by atoms with Gasteiger partial charge in [-0.25, -0.2) is 9.97 Å². The molecule has 0 atom stereocenters. The Balaban J connectivity index is 1.28. The highest BCUT2D eigenvalue weighted by atomic mass is 15.0. The fourth-order valence-corrected chi connectivity index (χ4v) is 8.20. The Morgan fingerprint density at radius 2 is 1.10 bits per heavy atom. The summed E-state index contributed by atoms with van der Waals surface area (Å²) in [4.78, 5) is 10.7. The van der Waals surface area contributed by atoms with E-state index >= 15 is 0 Å². The largest absolute Gasteiger partial charge is 0.309 e. The van der Waals surface area contributed by atoms with Crippen molar-refractivity contribution >= 4 is 32.6 Å². The third kappa shape index (κ3) is 4.23. The minimum absolute atomic E-state index is 0.148. The van der Waals surface area contributed by atoms with E-state index in [2.05, 4.69) is 176 Å². The summed E-state index contributed by atoms with van der Waals surface area (Å²) in [6, 6.07) is 58.7. The average Bonchev–Trinajstić information content (AvgIpc) is 3.63. The Hall–Kier alpha value is -6.32. The lowest BCUT2D eigenvalue weighted by Crippen LogP contribution is -2.14. The first kappa shape index (κ1) is 28.7.